The normalized spacial score (nSPS) is 12.0. The number of halogens is 1. The van der Waals surface area contributed by atoms with Crippen LogP contribution >= 0.6 is 24.0 Å². The topological polar surface area (TPSA) is 52.8 Å². The van der Waals surface area contributed by atoms with Crippen molar-refractivity contribution in [3.63, 3.8) is 0 Å². The van der Waals surface area contributed by atoms with Crippen molar-refractivity contribution in [3.05, 3.63) is 24.0 Å². The van der Waals surface area contributed by atoms with Crippen LogP contribution in [-0.2, 0) is 13.6 Å². The summed E-state index contributed by atoms with van der Waals surface area (Å²) in [5.41, 5.74) is 1.05. The van der Waals surface area contributed by atoms with Crippen LogP contribution in [0.2, 0.25) is 0 Å². The summed E-state index contributed by atoms with van der Waals surface area (Å²) in [6, 6.07) is 4.15. The highest BCUT2D eigenvalue weighted by atomic mass is 127. The van der Waals surface area contributed by atoms with Crippen LogP contribution in [0.1, 0.15) is 26.5 Å². The summed E-state index contributed by atoms with van der Waals surface area (Å²) in [4.78, 5) is 6.73. The first-order valence-corrected chi connectivity index (χ1v) is 7.10. The first-order chi connectivity index (χ1) is 9.39. The summed E-state index contributed by atoms with van der Waals surface area (Å²) in [6.45, 7) is 8.45. The molecular weight excluding hydrogens is 379 g/mol. The van der Waals surface area contributed by atoms with Crippen LogP contribution in [0.4, 0.5) is 0 Å². The van der Waals surface area contributed by atoms with E-state index in [1.54, 1.807) is 0 Å². The van der Waals surface area contributed by atoms with E-state index in [1.165, 1.54) is 5.69 Å². The molecule has 21 heavy (non-hydrogen) atoms. The highest BCUT2D eigenvalue weighted by molar-refractivity contribution is 14.0. The van der Waals surface area contributed by atoms with E-state index in [1.807, 2.05) is 40.2 Å². The van der Waals surface area contributed by atoms with Crippen LogP contribution in [0.25, 0.3) is 0 Å². The third kappa shape index (κ3) is 6.69. The average molecular weight is 408 g/mol. The molecule has 1 aromatic heterocycles. The van der Waals surface area contributed by atoms with E-state index in [-0.39, 0.29) is 36.0 Å². The molecule has 1 aromatic rings. The summed E-state index contributed by atoms with van der Waals surface area (Å²) in [6.07, 6.45) is 2.04. The maximum atomic E-state index is 9.31. The Morgan fingerprint density at radius 2 is 2.14 bits per heavy atom. The fourth-order valence-electron chi connectivity index (χ4n) is 1.79. The van der Waals surface area contributed by atoms with E-state index in [0.717, 1.165) is 19.0 Å². The van der Waals surface area contributed by atoms with Gasteiger partial charge in [0.05, 0.1) is 13.1 Å². The highest BCUT2D eigenvalue weighted by Gasteiger charge is 2.17. The van der Waals surface area contributed by atoms with Crippen LogP contribution in [0.5, 0.6) is 0 Å². The van der Waals surface area contributed by atoms with Gasteiger partial charge in [-0.2, -0.15) is 0 Å². The van der Waals surface area contributed by atoms with Gasteiger partial charge in [-0.25, -0.2) is 0 Å². The molecule has 0 radical (unpaired) electrons. The van der Waals surface area contributed by atoms with Gasteiger partial charge in [0.15, 0.2) is 5.96 Å². The van der Waals surface area contributed by atoms with Gasteiger partial charge in [-0.05, 0) is 19.1 Å². The number of guanidine groups is 1. The zero-order chi connectivity index (χ0) is 15.2. The van der Waals surface area contributed by atoms with Gasteiger partial charge in [-0.3, -0.25) is 4.99 Å². The lowest BCUT2D eigenvalue weighted by Crippen LogP contribution is -2.39. The van der Waals surface area contributed by atoms with Crippen molar-refractivity contribution in [2.45, 2.75) is 27.3 Å². The van der Waals surface area contributed by atoms with E-state index in [9.17, 15) is 5.11 Å². The van der Waals surface area contributed by atoms with Gasteiger partial charge in [0.2, 0.25) is 0 Å². The maximum Gasteiger partial charge on any atom is 0.194 e. The largest absolute Gasteiger partial charge is 0.396 e. The predicted molar refractivity (Wildman–Crippen MR) is 99.1 cm³/mol. The van der Waals surface area contributed by atoms with Gasteiger partial charge in [0, 0.05) is 44.6 Å². The number of aliphatic hydroxyl groups excluding tert-OH is 1. The summed E-state index contributed by atoms with van der Waals surface area (Å²) < 4.78 is 2.11. The first-order valence-electron chi connectivity index (χ1n) is 7.10. The Labute approximate surface area is 145 Å². The van der Waals surface area contributed by atoms with Crippen LogP contribution in [-0.4, -0.2) is 47.3 Å². The van der Waals surface area contributed by atoms with E-state index in [2.05, 4.69) is 32.8 Å². The average Bonchev–Trinajstić information content (AvgIpc) is 2.80. The molecule has 0 saturated carbocycles. The Balaban J connectivity index is 0.00000400. The molecule has 122 valence electrons. The van der Waals surface area contributed by atoms with Crippen LogP contribution < -0.4 is 5.32 Å². The molecule has 0 aliphatic carbocycles. The van der Waals surface area contributed by atoms with E-state index >= 15 is 0 Å². The minimum Gasteiger partial charge on any atom is -0.396 e. The Bertz CT molecular complexity index is 443. The van der Waals surface area contributed by atoms with Crippen molar-refractivity contribution in [3.8, 4) is 0 Å². The van der Waals surface area contributed by atoms with Gasteiger partial charge in [-0.15, -0.1) is 24.0 Å². The molecule has 0 aliphatic heterocycles. The van der Waals surface area contributed by atoms with E-state index in [4.69, 9.17) is 0 Å². The van der Waals surface area contributed by atoms with E-state index < -0.39 is 0 Å². The van der Waals surface area contributed by atoms with Crippen molar-refractivity contribution in [2.24, 2.45) is 17.5 Å². The summed E-state index contributed by atoms with van der Waals surface area (Å²) in [5.74, 6) is 0.871. The molecule has 1 rings (SSSR count). The zero-order valence-corrected chi connectivity index (χ0v) is 16.1. The standard InChI is InChI=1S/C15H28N4O.HI/c1-6-16-14(17-11-15(2,3)12-20)19(5)10-13-8-7-9-18(13)4;/h7-9,20H,6,10-12H2,1-5H3,(H,16,17);1H. The Kier molecular flexibility index (Phi) is 8.96. The second kappa shape index (κ2) is 9.30. The number of hydrogen-bond donors (Lipinski definition) is 2. The lowest BCUT2D eigenvalue weighted by atomic mass is 9.95. The molecule has 5 nitrogen and oxygen atoms in total. The van der Waals surface area contributed by atoms with Gasteiger partial charge in [0.1, 0.15) is 0 Å². The number of aliphatic hydroxyl groups is 1. The van der Waals surface area contributed by atoms with Crippen molar-refractivity contribution in [1.29, 1.82) is 0 Å². The Hall–Kier alpha value is -0.760. The zero-order valence-electron chi connectivity index (χ0n) is 13.8. The third-order valence-electron chi connectivity index (χ3n) is 3.23. The minimum absolute atomic E-state index is 0. The number of hydrogen-bond acceptors (Lipinski definition) is 2. The number of rotatable bonds is 6. The molecule has 0 bridgehead atoms. The molecule has 0 atom stereocenters. The molecular formula is C15H29IN4O. The highest BCUT2D eigenvalue weighted by Crippen LogP contribution is 2.14. The number of aryl methyl sites for hydroxylation is 1. The molecule has 2 N–H and O–H groups in total. The maximum absolute atomic E-state index is 9.31. The number of nitrogens with one attached hydrogen (secondary N) is 1. The molecule has 0 saturated heterocycles. The molecule has 0 amide bonds. The lowest BCUT2D eigenvalue weighted by Gasteiger charge is -2.25. The van der Waals surface area contributed by atoms with Crippen molar-refractivity contribution in [2.75, 3.05) is 26.7 Å². The number of nitrogens with zero attached hydrogens (tertiary/aromatic N) is 3. The van der Waals surface area contributed by atoms with Crippen molar-refractivity contribution >= 4 is 29.9 Å². The predicted octanol–water partition coefficient (Wildman–Crippen LogP) is 2.06. The second-order valence-electron chi connectivity index (χ2n) is 5.96. The van der Waals surface area contributed by atoms with Gasteiger partial charge in [-0.1, -0.05) is 13.8 Å². The van der Waals surface area contributed by atoms with Crippen LogP contribution in [0.3, 0.4) is 0 Å². The van der Waals surface area contributed by atoms with Crippen LogP contribution in [0.15, 0.2) is 23.3 Å². The smallest absolute Gasteiger partial charge is 0.194 e. The molecule has 0 unspecified atom stereocenters. The first kappa shape index (κ1) is 20.2. The van der Waals surface area contributed by atoms with Gasteiger partial charge >= 0.3 is 0 Å². The minimum atomic E-state index is -0.188. The molecule has 0 spiro atoms. The monoisotopic (exact) mass is 408 g/mol. The Morgan fingerprint density at radius 3 is 2.62 bits per heavy atom. The summed E-state index contributed by atoms with van der Waals surface area (Å²) in [5, 5.41) is 12.6. The quantitative estimate of drug-likeness (QED) is 0.431. The van der Waals surface area contributed by atoms with Gasteiger partial charge < -0.3 is 19.9 Å². The molecule has 6 heteroatoms. The number of aromatic nitrogens is 1. The third-order valence-corrected chi connectivity index (χ3v) is 3.23. The van der Waals surface area contributed by atoms with Crippen LogP contribution in [0, 0.1) is 5.41 Å². The fourth-order valence-corrected chi connectivity index (χ4v) is 1.79. The SMILES string of the molecule is CCNC(=NCC(C)(C)CO)N(C)Cc1cccn1C.I. The molecule has 0 fully saturated rings. The molecule has 0 aromatic carbocycles. The second-order valence-corrected chi connectivity index (χ2v) is 5.96. The number of aliphatic imine (C=N–C) groups is 1. The van der Waals surface area contributed by atoms with Crippen molar-refractivity contribution in [1.82, 2.24) is 14.8 Å². The Morgan fingerprint density at radius 1 is 1.48 bits per heavy atom. The van der Waals surface area contributed by atoms with Gasteiger partial charge in [0.25, 0.3) is 0 Å². The molecule has 0 aliphatic rings. The summed E-state index contributed by atoms with van der Waals surface area (Å²) in [7, 11) is 4.07. The van der Waals surface area contributed by atoms with Crippen molar-refractivity contribution < 1.29 is 5.11 Å². The molecule has 1 heterocycles. The fraction of sp³-hybridized carbons (Fsp3) is 0.667. The van der Waals surface area contributed by atoms with E-state index in [0.29, 0.717) is 6.54 Å². The lowest BCUT2D eigenvalue weighted by molar-refractivity contribution is 0.167. The summed E-state index contributed by atoms with van der Waals surface area (Å²) >= 11 is 0.